The monoisotopic (exact) mass is 267 g/mol. The lowest BCUT2D eigenvalue weighted by Crippen LogP contribution is -2.38. The van der Waals surface area contributed by atoms with Gasteiger partial charge in [0, 0.05) is 5.56 Å². The zero-order chi connectivity index (χ0) is 14.4. The summed E-state index contributed by atoms with van der Waals surface area (Å²) in [5.41, 5.74) is 0.317. The lowest BCUT2D eigenvalue weighted by atomic mass is 10.1. The second-order valence-electron chi connectivity index (χ2n) is 3.83. The van der Waals surface area contributed by atoms with E-state index in [1.54, 1.807) is 12.1 Å². The Bertz CT molecular complexity index is 472. The second kappa shape index (κ2) is 6.63. The van der Waals surface area contributed by atoms with Crippen molar-refractivity contribution in [3.63, 3.8) is 0 Å². The van der Waals surface area contributed by atoms with Gasteiger partial charge in [-0.2, -0.15) is 0 Å². The second-order valence-corrected chi connectivity index (χ2v) is 3.83. The van der Waals surface area contributed by atoms with E-state index in [1.165, 1.54) is 20.1 Å². The Kier molecular flexibility index (Phi) is 5.17. The maximum Gasteiger partial charge on any atom is 0.325 e. The molecule has 0 fully saturated rings. The molecule has 1 aromatic rings. The Morgan fingerprint density at radius 3 is 2.58 bits per heavy atom. The summed E-state index contributed by atoms with van der Waals surface area (Å²) in [4.78, 5) is 22.5. The molecule has 104 valence electrons. The molecule has 19 heavy (non-hydrogen) atoms. The molecule has 1 rings (SSSR count). The van der Waals surface area contributed by atoms with Crippen LogP contribution in [0, 0.1) is 0 Å². The van der Waals surface area contributed by atoms with E-state index >= 15 is 0 Å². The van der Waals surface area contributed by atoms with Gasteiger partial charge in [0.25, 0.3) is 5.91 Å². The minimum absolute atomic E-state index is 0.317. The number of benzene rings is 1. The van der Waals surface area contributed by atoms with Crippen LogP contribution in [0.1, 0.15) is 24.2 Å². The number of amides is 1. The summed E-state index contributed by atoms with van der Waals surface area (Å²) in [5.74, 6) is -0.601. The van der Waals surface area contributed by atoms with Crippen molar-refractivity contribution in [3.8, 4) is 11.5 Å². The molecule has 0 unspecified atom stereocenters. The number of methoxy groups -OCH3 is 1. The number of nitrogens with one attached hydrogen (secondary N) is 1. The molecule has 1 amide bonds. The van der Waals surface area contributed by atoms with Crippen LogP contribution in [-0.4, -0.2) is 36.7 Å². The standard InChI is InChI=1S/C13H17NO5/c1-4-19-11-7-9(5-6-10(11)18-3)12(15)14-8(2)13(16)17/h5-8H,4H2,1-3H3,(H,14,15)(H,16,17)/t8-/m1/s1. The lowest BCUT2D eigenvalue weighted by Gasteiger charge is -2.12. The number of carbonyl (C=O) groups excluding carboxylic acids is 1. The number of carboxylic acid groups (broad SMARTS) is 1. The fraction of sp³-hybridized carbons (Fsp3) is 0.385. The summed E-state index contributed by atoms with van der Waals surface area (Å²) in [5, 5.41) is 11.1. The van der Waals surface area contributed by atoms with E-state index in [0.29, 0.717) is 23.7 Å². The van der Waals surface area contributed by atoms with Crippen molar-refractivity contribution >= 4 is 11.9 Å². The molecule has 0 heterocycles. The van der Waals surface area contributed by atoms with Gasteiger partial charge in [0.15, 0.2) is 11.5 Å². The third kappa shape index (κ3) is 3.87. The Labute approximate surface area is 111 Å². The average molecular weight is 267 g/mol. The van der Waals surface area contributed by atoms with E-state index in [-0.39, 0.29) is 0 Å². The fourth-order valence-corrected chi connectivity index (χ4v) is 1.43. The SMILES string of the molecule is CCOc1cc(C(=O)N[C@H](C)C(=O)O)ccc1OC. The number of hydrogen-bond donors (Lipinski definition) is 2. The van der Waals surface area contributed by atoms with Crippen LogP contribution in [0.4, 0.5) is 0 Å². The molecule has 0 spiro atoms. The third-order valence-electron chi connectivity index (χ3n) is 2.44. The summed E-state index contributed by atoms with van der Waals surface area (Å²) >= 11 is 0. The number of rotatable bonds is 6. The van der Waals surface area contributed by atoms with Crippen molar-refractivity contribution in [3.05, 3.63) is 23.8 Å². The first-order chi connectivity index (χ1) is 8.99. The topological polar surface area (TPSA) is 84.9 Å². The van der Waals surface area contributed by atoms with Gasteiger partial charge < -0.3 is 19.9 Å². The Morgan fingerprint density at radius 1 is 1.37 bits per heavy atom. The molecule has 0 aliphatic heterocycles. The van der Waals surface area contributed by atoms with Crippen molar-refractivity contribution in [1.29, 1.82) is 0 Å². The first-order valence-electron chi connectivity index (χ1n) is 5.84. The van der Waals surface area contributed by atoms with Crippen molar-refractivity contribution in [1.82, 2.24) is 5.32 Å². The van der Waals surface area contributed by atoms with E-state index in [0.717, 1.165) is 0 Å². The van der Waals surface area contributed by atoms with Crippen LogP contribution in [0.15, 0.2) is 18.2 Å². The van der Waals surface area contributed by atoms with Crippen LogP contribution in [0.5, 0.6) is 11.5 Å². The Balaban J connectivity index is 2.91. The molecule has 6 nitrogen and oxygen atoms in total. The number of hydrogen-bond acceptors (Lipinski definition) is 4. The smallest absolute Gasteiger partial charge is 0.325 e. The van der Waals surface area contributed by atoms with E-state index in [1.807, 2.05) is 6.92 Å². The van der Waals surface area contributed by atoms with E-state index in [9.17, 15) is 9.59 Å². The normalized spacial score (nSPS) is 11.5. The fourth-order valence-electron chi connectivity index (χ4n) is 1.43. The number of aliphatic carboxylic acids is 1. The highest BCUT2D eigenvalue weighted by Gasteiger charge is 2.16. The molecule has 0 saturated carbocycles. The van der Waals surface area contributed by atoms with Crippen LogP contribution in [-0.2, 0) is 4.79 Å². The van der Waals surface area contributed by atoms with E-state index < -0.39 is 17.9 Å². The van der Waals surface area contributed by atoms with Gasteiger partial charge in [-0.05, 0) is 32.0 Å². The maximum atomic E-state index is 11.8. The van der Waals surface area contributed by atoms with Crippen LogP contribution in [0.3, 0.4) is 0 Å². The third-order valence-corrected chi connectivity index (χ3v) is 2.44. The van der Waals surface area contributed by atoms with Gasteiger partial charge in [0.2, 0.25) is 0 Å². The van der Waals surface area contributed by atoms with E-state index in [2.05, 4.69) is 5.32 Å². The molecule has 2 N–H and O–H groups in total. The molecule has 1 aromatic carbocycles. The van der Waals surface area contributed by atoms with Gasteiger partial charge in [-0.15, -0.1) is 0 Å². The Morgan fingerprint density at radius 2 is 2.05 bits per heavy atom. The first kappa shape index (κ1) is 14.8. The minimum atomic E-state index is -1.09. The molecule has 0 saturated heterocycles. The molecule has 0 aliphatic carbocycles. The van der Waals surface area contributed by atoms with Crippen molar-refractivity contribution in [2.75, 3.05) is 13.7 Å². The van der Waals surface area contributed by atoms with Gasteiger partial charge in [-0.25, -0.2) is 0 Å². The zero-order valence-corrected chi connectivity index (χ0v) is 11.1. The van der Waals surface area contributed by atoms with Gasteiger partial charge in [-0.3, -0.25) is 9.59 Å². The van der Waals surface area contributed by atoms with Gasteiger partial charge >= 0.3 is 5.97 Å². The Hall–Kier alpha value is -2.24. The van der Waals surface area contributed by atoms with Gasteiger partial charge in [0.1, 0.15) is 6.04 Å². The summed E-state index contributed by atoms with van der Waals surface area (Å²) in [6, 6.07) is 3.72. The van der Waals surface area contributed by atoms with Gasteiger partial charge in [-0.1, -0.05) is 0 Å². The summed E-state index contributed by atoms with van der Waals surface area (Å²) in [7, 11) is 1.50. The molecule has 1 atom stereocenters. The highest BCUT2D eigenvalue weighted by Crippen LogP contribution is 2.27. The predicted octanol–water partition coefficient (Wildman–Crippen LogP) is 1.30. The molecule has 0 bridgehead atoms. The highest BCUT2D eigenvalue weighted by atomic mass is 16.5. The van der Waals surface area contributed by atoms with E-state index in [4.69, 9.17) is 14.6 Å². The number of carbonyl (C=O) groups is 2. The summed E-state index contributed by atoms with van der Waals surface area (Å²) < 4.78 is 10.5. The first-order valence-corrected chi connectivity index (χ1v) is 5.84. The molecule has 0 aliphatic rings. The molecule has 6 heteroatoms. The predicted molar refractivity (Wildman–Crippen MR) is 68.7 cm³/mol. The summed E-state index contributed by atoms with van der Waals surface area (Å²) in [6.45, 7) is 3.65. The van der Waals surface area contributed by atoms with Crippen LogP contribution < -0.4 is 14.8 Å². The number of carboxylic acids is 1. The lowest BCUT2D eigenvalue weighted by molar-refractivity contribution is -0.138. The average Bonchev–Trinajstić information content (AvgIpc) is 2.38. The quantitative estimate of drug-likeness (QED) is 0.811. The number of ether oxygens (including phenoxy) is 2. The zero-order valence-electron chi connectivity index (χ0n) is 11.1. The van der Waals surface area contributed by atoms with Crippen LogP contribution in [0.25, 0.3) is 0 Å². The molecule has 0 aromatic heterocycles. The molecule has 0 radical (unpaired) electrons. The molecular weight excluding hydrogens is 250 g/mol. The maximum absolute atomic E-state index is 11.8. The molecular formula is C13H17NO5. The van der Waals surface area contributed by atoms with Crippen LogP contribution >= 0.6 is 0 Å². The van der Waals surface area contributed by atoms with Crippen molar-refractivity contribution < 1.29 is 24.2 Å². The summed E-state index contributed by atoms with van der Waals surface area (Å²) in [6.07, 6.45) is 0. The van der Waals surface area contributed by atoms with Crippen molar-refractivity contribution in [2.45, 2.75) is 19.9 Å². The van der Waals surface area contributed by atoms with Crippen LogP contribution in [0.2, 0.25) is 0 Å². The van der Waals surface area contributed by atoms with Crippen molar-refractivity contribution in [2.24, 2.45) is 0 Å². The van der Waals surface area contributed by atoms with Gasteiger partial charge in [0.05, 0.1) is 13.7 Å². The minimum Gasteiger partial charge on any atom is -0.493 e. The highest BCUT2D eigenvalue weighted by molar-refractivity contribution is 5.97. The largest absolute Gasteiger partial charge is 0.493 e.